The SMILES string of the molecule is CCC1COCCN1Cc1ccc(C#N)cc1F. The van der Waals surface area contributed by atoms with E-state index in [1.54, 1.807) is 12.1 Å². The van der Waals surface area contributed by atoms with Crippen molar-refractivity contribution in [3.05, 3.63) is 35.1 Å². The molecule has 2 rings (SSSR count). The summed E-state index contributed by atoms with van der Waals surface area (Å²) in [5.41, 5.74) is 1.01. The Morgan fingerprint density at radius 2 is 2.39 bits per heavy atom. The van der Waals surface area contributed by atoms with E-state index in [0.717, 1.165) is 13.0 Å². The van der Waals surface area contributed by atoms with Gasteiger partial charge in [0.15, 0.2) is 0 Å². The van der Waals surface area contributed by atoms with Crippen LogP contribution in [0.2, 0.25) is 0 Å². The molecule has 0 N–H and O–H groups in total. The minimum Gasteiger partial charge on any atom is -0.378 e. The van der Waals surface area contributed by atoms with Crippen molar-refractivity contribution in [2.75, 3.05) is 19.8 Å². The smallest absolute Gasteiger partial charge is 0.129 e. The Balaban J connectivity index is 2.10. The quantitative estimate of drug-likeness (QED) is 0.823. The van der Waals surface area contributed by atoms with E-state index in [0.29, 0.717) is 36.9 Å². The number of hydrogen-bond donors (Lipinski definition) is 0. The van der Waals surface area contributed by atoms with Crippen LogP contribution >= 0.6 is 0 Å². The molecule has 0 aromatic heterocycles. The Labute approximate surface area is 107 Å². The van der Waals surface area contributed by atoms with Crippen molar-refractivity contribution in [3.63, 3.8) is 0 Å². The van der Waals surface area contributed by atoms with Gasteiger partial charge in [0.1, 0.15) is 5.82 Å². The Morgan fingerprint density at radius 1 is 1.56 bits per heavy atom. The van der Waals surface area contributed by atoms with Crippen LogP contribution in [0, 0.1) is 17.1 Å². The van der Waals surface area contributed by atoms with Gasteiger partial charge in [0.2, 0.25) is 0 Å². The van der Waals surface area contributed by atoms with Crippen LogP contribution in [-0.2, 0) is 11.3 Å². The fourth-order valence-corrected chi connectivity index (χ4v) is 2.24. The van der Waals surface area contributed by atoms with Crippen LogP contribution in [0.3, 0.4) is 0 Å². The average Bonchev–Trinajstić information content (AvgIpc) is 2.41. The third kappa shape index (κ3) is 2.87. The molecule has 1 aromatic rings. The van der Waals surface area contributed by atoms with Gasteiger partial charge in [0.25, 0.3) is 0 Å². The summed E-state index contributed by atoms with van der Waals surface area (Å²) >= 11 is 0. The maximum absolute atomic E-state index is 13.8. The number of nitrogens with zero attached hydrogens (tertiary/aromatic N) is 2. The standard InChI is InChI=1S/C14H17FN2O/c1-2-13-10-18-6-5-17(13)9-12-4-3-11(8-16)7-14(12)15/h3-4,7,13H,2,5-6,9-10H2,1H3. The van der Waals surface area contributed by atoms with Crippen molar-refractivity contribution in [2.24, 2.45) is 0 Å². The second-order valence-electron chi connectivity index (χ2n) is 4.53. The molecule has 0 bridgehead atoms. The number of morpholine rings is 1. The maximum Gasteiger partial charge on any atom is 0.129 e. The predicted octanol–water partition coefficient (Wildman–Crippen LogP) is 2.31. The zero-order valence-corrected chi connectivity index (χ0v) is 10.5. The summed E-state index contributed by atoms with van der Waals surface area (Å²) in [6.07, 6.45) is 0.998. The largest absolute Gasteiger partial charge is 0.378 e. The summed E-state index contributed by atoms with van der Waals surface area (Å²) in [6, 6.07) is 6.97. The molecular weight excluding hydrogens is 231 g/mol. The highest BCUT2D eigenvalue weighted by Gasteiger charge is 2.22. The third-order valence-corrected chi connectivity index (χ3v) is 3.38. The molecule has 1 unspecified atom stereocenters. The molecule has 1 atom stereocenters. The summed E-state index contributed by atoms with van der Waals surface area (Å²) < 4.78 is 19.2. The lowest BCUT2D eigenvalue weighted by Crippen LogP contribution is -2.44. The molecule has 1 aliphatic heterocycles. The van der Waals surface area contributed by atoms with E-state index in [1.165, 1.54) is 6.07 Å². The molecule has 3 nitrogen and oxygen atoms in total. The van der Waals surface area contributed by atoms with Crippen molar-refractivity contribution in [3.8, 4) is 6.07 Å². The van der Waals surface area contributed by atoms with Gasteiger partial charge in [-0.1, -0.05) is 13.0 Å². The first-order chi connectivity index (χ1) is 8.74. The van der Waals surface area contributed by atoms with Crippen molar-refractivity contribution in [2.45, 2.75) is 25.9 Å². The number of halogens is 1. The van der Waals surface area contributed by atoms with Gasteiger partial charge in [0, 0.05) is 24.7 Å². The second-order valence-corrected chi connectivity index (χ2v) is 4.53. The van der Waals surface area contributed by atoms with Crippen molar-refractivity contribution < 1.29 is 9.13 Å². The molecule has 0 radical (unpaired) electrons. The topological polar surface area (TPSA) is 36.3 Å². The summed E-state index contributed by atoms with van der Waals surface area (Å²) in [5.74, 6) is -0.296. The fourth-order valence-electron chi connectivity index (χ4n) is 2.24. The van der Waals surface area contributed by atoms with E-state index in [1.807, 2.05) is 6.07 Å². The number of rotatable bonds is 3. The summed E-state index contributed by atoms with van der Waals surface area (Å²) in [5, 5.41) is 8.71. The van der Waals surface area contributed by atoms with Crippen LogP contribution in [0.25, 0.3) is 0 Å². The molecule has 1 fully saturated rings. The van der Waals surface area contributed by atoms with Crippen molar-refractivity contribution >= 4 is 0 Å². The monoisotopic (exact) mass is 248 g/mol. The molecule has 0 spiro atoms. The van der Waals surface area contributed by atoms with Gasteiger partial charge in [-0.2, -0.15) is 5.26 Å². The van der Waals surface area contributed by atoms with E-state index < -0.39 is 0 Å². The normalized spacial score (nSPS) is 20.6. The van der Waals surface area contributed by atoms with Gasteiger partial charge >= 0.3 is 0 Å². The molecule has 1 aliphatic rings. The van der Waals surface area contributed by atoms with E-state index in [-0.39, 0.29) is 5.82 Å². The van der Waals surface area contributed by atoms with Crippen LogP contribution < -0.4 is 0 Å². The van der Waals surface area contributed by atoms with Gasteiger partial charge in [-0.3, -0.25) is 4.90 Å². The number of hydrogen-bond acceptors (Lipinski definition) is 3. The first-order valence-corrected chi connectivity index (χ1v) is 6.25. The number of nitriles is 1. The molecule has 18 heavy (non-hydrogen) atoms. The van der Waals surface area contributed by atoms with Gasteiger partial charge in [-0.15, -0.1) is 0 Å². The van der Waals surface area contributed by atoms with Crippen LogP contribution in [0.15, 0.2) is 18.2 Å². The average molecular weight is 248 g/mol. The van der Waals surface area contributed by atoms with E-state index in [2.05, 4.69) is 11.8 Å². The van der Waals surface area contributed by atoms with Gasteiger partial charge in [-0.25, -0.2) is 4.39 Å². The minimum atomic E-state index is -0.296. The minimum absolute atomic E-state index is 0.296. The van der Waals surface area contributed by atoms with E-state index in [4.69, 9.17) is 10.00 Å². The lowest BCUT2D eigenvalue weighted by molar-refractivity contribution is -0.0131. The summed E-state index contributed by atoms with van der Waals surface area (Å²) in [7, 11) is 0. The first-order valence-electron chi connectivity index (χ1n) is 6.25. The molecule has 1 saturated heterocycles. The van der Waals surface area contributed by atoms with Crippen LogP contribution in [-0.4, -0.2) is 30.7 Å². The van der Waals surface area contributed by atoms with Crippen LogP contribution in [0.1, 0.15) is 24.5 Å². The van der Waals surface area contributed by atoms with Gasteiger partial charge in [0.05, 0.1) is 24.8 Å². The highest BCUT2D eigenvalue weighted by atomic mass is 19.1. The van der Waals surface area contributed by atoms with E-state index in [9.17, 15) is 4.39 Å². The third-order valence-electron chi connectivity index (χ3n) is 3.38. The van der Waals surface area contributed by atoms with Gasteiger partial charge in [-0.05, 0) is 18.6 Å². The Morgan fingerprint density at radius 3 is 3.06 bits per heavy atom. The molecule has 0 amide bonds. The summed E-state index contributed by atoms with van der Waals surface area (Å²) in [4.78, 5) is 2.24. The van der Waals surface area contributed by atoms with E-state index >= 15 is 0 Å². The summed E-state index contributed by atoms with van der Waals surface area (Å²) in [6.45, 7) is 4.95. The second kappa shape index (κ2) is 5.94. The molecule has 0 saturated carbocycles. The maximum atomic E-state index is 13.8. The first kappa shape index (κ1) is 13.0. The molecule has 1 heterocycles. The lowest BCUT2D eigenvalue weighted by Gasteiger charge is -2.35. The van der Waals surface area contributed by atoms with Crippen LogP contribution in [0.4, 0.5) is 4.39 Å². The number of ether oxygens (including phenoxy) is 1. The van der Waals surface area contributed by atoms with Crippen molar-refractivity contribution in [1.82, 2.24) is 4.90 Å². The molecular formula is C14H17FN2O. The highest BCUT2D eigenvalue weighted by Crippen LogP contribution is 2.17. The molecule has 96 valence electrons. The highest BCUT2D eigenvalue weighted by molar-refractivity contribution is 5.32. The Bertz CT molecular complexity index is 456. The Kier molecular flexibility index (Phi) is 4.29. The zero-order valence-electron chi connectivity index (χ0n) is 10.5. The molecule has 1 aromatic carbocycles. The fraction of sp³-hybridized carbons (Fsp3) is 0.500. The Hall–Kier alpha value is -1.44. The lowest BCUT2D eigenvalue weighted by atomic mass is 10.1. The molecule has 4 heteroatoms. The predicted molar refractivity (Wildman–Crippen MR) is 66.4 cm³/mol. The molecule has 0 aliphatic carbocycles. The zero-order chi connectivity index (χ0) is 13.0. The van der Waals surface area contributed by atoms with Gasteiger partial charge < -0.3 is 4.74 Å². The number of benzene rings is 1. The van der Waals surface area contributed by atoms with Crippen LogP contribution in [0.5, 0.6) is 0 Å². The van der Waals surface area contributed by atoms with Crippen molar-refractivity contribution in [1.29, 1.82) is 5.26 Å².